The molecule has 0 radical (unpaired) electrons. The van der Waals surface area contributed by atoms with E-state index in [1.165, 1.54) is 0 Å². The van der Waals surface area contributed by atoms with Crippen molar-refractivity contribution in [1.29, 1.82) is 0 Å². The number of hydrogen-bond acceptors (Lipinski definition) is 3. The molecule has 2 aromatic rings. The Kier molecular flexibility index (Phi) is 2.44. The van der Waals surface area contributed by atoms with Gasteiger partial charge in [0.05, 0.1) is 12.0 Å². The molecule has 0 bridgehead atoms. The Morgan fingerprint density at radius 3 is 3.00 bits per heavy atom. The first-order valence-corrected chi connectivity index (χ1v) is 5.83. The summed E-state index contributed by atoms with van der Waals surface area (Å²) < 4.78 is 1.62. The van der Waals surface area contributed by atoms with E-state index >= 15 is 0 Å². The van der Waals surface area contributed by atoms with E-state index in [4.69, 9.17) is 0 Å². The van der Waals surface area contributed by atoms with Crippen molar-refractivity contribution in [3.8, 4) is 0 Å². The predicted octanol–water partition coefficient (Wildman–Crippen LogP) is 1.89. The van der Waals surface area contributed by atoms with Crippen molar-refractivity contribution in [3.63, 3.8) is 0 Å². The van der Waals surface area contributed by atoms with Crippen LogP contribution in [-0.2, 0) is 4.43 Å². The standard InChI is InChI=1S/C6H4I2N4/c7-1-3-4-5(10-2-9-4)12-6(8)11-3/h2H,1H2,(H,9,10,11,12). The summed E-state index contributed by atoms with van der Waals surface area (Å²) in [7, 11) is 0. The first-order valence-electron chi connectivity index (χ1n) is 3.22. The second-order valence-electron chi connectivity index (χ2n) is 2.17. The Balaban J connectivity index is 2.80. The number of halogens is 2. The summed E-state index contributed by atoms with van der Waals surface area (Å²) in [5.41, 5.74) is 2.69. The highest BCUT2D eigenvalue weighted by Crippen LogP contribution is 2.14. The van der Waals surface area contributed by atoms with Gasteiger partial charge in [-0.3, -0.25) is 0 Å². The van der Waals surface area contributed by atoms with E-state index in [9.17, 15) is 0 Å². The molecule has 6 heteroatoms. The first kappa shape index (κ1) is 8.60. The second kappa shape index (κ2) is 3.40. The number of fused-ring (bicyclic) bond motifs is 1. The van der Waals surface area contributed by atoms with Crippen molar-refractivity contribution >= 4 is 56.3 Å². The molecule has 4 nitrogen and oxygen atoms in total. The van der Waals surface area contributed by atoms with Gasteiger partial charge in [0.15, 0.2) is 9.48 Å². The number of nitrogens with zero attached hydrogens (tertiary/aromatic N) is 3. The fraction of sp³-hybridized carbons (Fsp3) is 0.167. The number of imidazole rings is 1. The zero-order valence-electron chi connectivity index (χ0n) is 5.88. The number of aromatic nitrogens is 4. The van der Waals surface area contributed by atoms with Gasteiger partial charge in [0, 0.05) is 27.0 Å². The van der Waals surface area contributed by atoms with E-state index in [2.05, 4.69) is 65.1 Å². The Morgan fingerprint density at radius 2 is 2.25 bits per heavy atom. The maximum atomic E-state index is 4.28. The van der Waals surface area contributed by atoms with E-state index in [1.807, 2.05) is 0 Å². The Morgan fingerprint density at radius 1 is 1.42 bits per heavy atom. The highest BCUT2D eigenvalue weighted by Gasteiger charge is 2.06. The number of nitrogens with one attached hydrogen (secondary N) is 1. The monoisotopic (exact) mass is 386 g/mol. The van der Waals surface area contributed by atoms with Gasteiger partial charge in [-0.05, 0) is 0 Å². The van der Waals surface area contributed by atoms with Crippen LogP contribution in [0, 0.1) is 3.83 Å². The van der Waals surface area contributed by atoms with Crippen LogP contribution in [0.4, 0.5) is 0 Å². The smallest absolute Gasteiger partial charge is 0.193 e. The van der Waals surface area contributed by atoms with Crippen LogP contribution in [0.1, 0.15) is 5.69 Å². The van der Waals surface area contributed by atoms with Crippen molar-refractivity contribution in [1.82, 2.24) is 19.9 Å². The van der Waals surface area contributed by atoms with Crippen LogP contribution in [0.25, 0.3) is 11.2 Å². The highest BCUT2D eigenvalue weighted by atomic mass is 127. The van der Waals surface area contributed by atoms with Gasteiger partial charge >= 0.3 is 0 Å². The summed E-state index contributed by atoms with van der Waals surface area (Å²) in [4.78, 5) is 15.6. The minimum atomic E-state index is 0.760. The average Bonchev–Trinajstić information content (AvgIpc) is 2.50. The second-order valence-corrected chi connectivity index (χ2v) is 3.90. The van der Waals surface area contributed by atoms with Gasteiger partial charge in [-0.25, -0.2) is 15.0 Å². The van der Waals surface area contributed by atoms with Gasteiger partial charge in [-0.1, -0.05) is 22.6 Å². The van der Waals surface area contributed by atoms with Crippen LogP contribution in [-0.4, -0.2) is 19.9 Å². The largest absolute Gasteiger partial charge is 0.329 e. The van der Waals surface area contributed by atoms with Crippen LogP contribution in [0.2, 0.25) is 0 Å². The summed E-state index contributed by atoms with van der Waals surface area (Å²) in [6.45, 7) is 0. The fourth-order valence-corrected chi connectivity index (χ4v) is 2.02. The normalized spacial score (nSPS) is 10.8. The molecule has 2 aromatic heterocycles. The van der Waals surface area contributed by atoms with Gasteiger partial charge in [-0.2, -0.15) is 0 Å². The summed E-state index contributed by atoms with van der Waals surface area (Å²) in [6, 6.07) is 0. The number of alkyl halides is 1. The minimum Gasteiger partial charge on any atom is -0.329 e. The molecule has 0 aliphatic rings. The molecule has 0 saturated heterocycles. The molecule has 0 unspecified atom stereocenters. The van der Waals surface area contributed by atoms with E-state index < -0.39 is 0 Å². The molecule has 0 saturated carbocycles. The van der Waals surface area contributed by atoms with Gasteiger partial charge < -0.3 is 4.98 Å². The maximum Gasteiger partial charge on any atom is 0.193 e. The van der Waals surface area contributed by atoms with Crippen LogP contribution >= 0.6 is 45.2 Å². The third-order valence-corrected chi connectivity index (χ3v) is 2.66. The fourth-order valence-electron chi connectivity index (χ4n) is 0.959. The molecule has 0 fully saturated rings. The zero-order valence-corrected chi connectivity index (χ0v) is 10.2. The number of aromatic amines is 1. The lowest BCUT2D eigenvalue weighted by atomic mass is 10.4. The maximum absolute atomic E-state index is 4.28. The van der Waals surface area contributed by atoms with Gasteiger partial charge in [0.1, 0.15) is 5.52 Å². The molecule has 1 N–H and O–H groups in total. The average molecular weight is 386 g/mol. The molecule has 2 heterocycles. The third-order valence-electron chi connectivity index (χ3n) is 1.45. The van der Waals surface area contributed by atoms with Crippen LogP contribution in [0.5, 0.6) is 0 Å². The highest BCUT2D eigenvalue weighted by molar-refractivity contribution is 14.1. The topological polar surface area (TPSA) is 54.5 Å². The van der Waals surface area contributed by atoms with E-state index in [0.717, 1.165) is 25.1 Å². The van der Waals surface area contributed by atoms with E-state index in [1.54, 1.807) is 6.33 Å². The molecule has 62 valence electrons. The molecule has 0 atom stereocenters. The Hall–Kier alpha value is 0.0100. The third kappa shape index (κ3) is 1.41. The van der Waals surface area contributed by atoms with Crippen LogP contribution < -0.4 is 0 Å². The summed E-state index contributed by atoms with van der Waals surface area (Å²) >= 11 is 4.37. The van der Waals surface area contributed by atoms with E-state index in [-0.39, 0.29) is 0 Å². The Bertz CT molecular complexity index is 411. The van der Waals surface area contributed by atoms with Gasteiger partial charge in [0.25, 0.3) is 0 Å². The molecular formula is C6H4I2N4. The Labute approximate surface area is 95.9 Å². The summed E-state index contributed by atoms with van der Waals surface area (Å²) in [5, 5.41) is 0. The predicted molar refractivity (Wildman–Crippen MR) is 62.1 cm³/mol. The lowest BCUT2D eigenvalue weighted by Crippen LogP contribution is -1.94. The van der Waals surface area contributed by atoms with Gasteiger partial charge in [-0.15, -0.1) is 0 Å². The zero-order chi connectivity index (χ0) is 8.55. The molecule has 0 aliphatic heterocycles. The minimum absolute atomic E-state index is 0.760. The molecular weight excluding hydrogens is 382 g/mol. The van der Waals surface area contributed by atoms with Crippen LogP contribution in [0.15, 0.2) is 6.33 Å². The number of H-pyrrole nitrogens is 1. The number of hydrogen-bond donors (Lipinski definition) is 1. The molecule has 12 heavy (non-hydrogen) atoms. The molecule has 0 aromatic carbocycles. The van der Waals surface area contributed by atoms with Crippen molar-refractivity contribution in [2.45, 2.75) is 4.43 Å². The molecule has 0 aliphatic carbocycles. The van der Waals surface area contributed by atoms with Crippen LogP contribution in [0.3, 0.4) is 0 Å². The van der Waals surface area contributed by atoms with E-state index in [0.29, 0.717) is 0 Å². The van der Waals surface area contributed by atoms with Crippen molar-refractivity contribution < 1.29 is 0 Å². The number of rotatable bonds is 1. The lowest BCUT2D eigenvalue weighted by Gasteiger charge is -1.95. The summed E-state index contributed by atoms with van der Waals surface area (Å²) in [5.74, 6) is 0. The molecule has 0 spiro atoms. The SMILES string of the molecule is ICc1nc(I)nc2[nH]cnc12. The van der Waals surface area contributed by atoms with Gasteiger partial charge in [0.2, 0.25) is 0 Å². The van der Waals surface area contributed by atoms with Crippen molar-refractivity contribution in [2.75, 3.05) is 0 Å². The molecule has 0 amide bonds. The lowest BCUT2D eigenvalue weighted by molar-refractivity contribution is 1.08. The first-order chi connectivity index (χ1) is 5.81. The van der Waals surface area contributed by atoms with Crippen molar-refractivity contribution in [3.05, 3.63) is 15.9 Å². The quantitative estimate of drug-likeness (QED) is 0.463. The summed E-state index contributed by atoms with van der Waals surface area (Å²) in [6.07, 6.45) is 1.64. The molecule has 2 rings (SSSR count). The van der Waals surface area contributed by atoms with Crippen molar-refractivity contribution in [2.24, 2.45) is 0 Å².